The summed E-state index contributed by atoms with van der Waals surface area (Å²) in [5.41, 5.74) is -0.0564. The molecule has 4 aliphatic rings. The third-order valence-electron chi connectivity index (χ3n) is 8.72. The molecule has 1 spiro atoms. The molecule has 0 heterocycles. The fourth-order valence-electron chi connectivity index (χ4n) is 8.17. The molecule has 4 aliphatic carbocycles. The van der Waals surface area contributed by atoms with Crippen LogP contribution in [0.25, 0.3) is 0 Å². The van der Waals surface area contributed by atoms with Crippen molar-refractivity contribution >= 4 is 15.9 Å². The van der Waals surface area contributed by atoms with Crippen LogP contribution in [-0.2, 0) is 0 Å². The van der Waals surface area contributed by atoms with E-state index in [2.05, 4.69) is 43.6 Å². The minimum absolute atomic E-state index is 0.101. The molecule has 0 amide bonds. The third kappa shape index (κ3) is 1.99. The summed E-state index contributed by atoms with van der Waals surface area (Å²) in [5, 5.41) is 22.0. The van der Waals surface area contributed by atoms with Crippen LogP contribution in [0.2, 0.25) is 0 Å². The van der Waals surface area contributed by atoms with Crippen LogP contribution in [0.3, 0.4) is 0 Å². The summed E-state index contributed by atoms with van der Waals surface area (Å²) < 4.78 is 0. The summed E-state index contributed by atoms with van der Waals surface area (Å²) in [7, 11) is 0. The van der Waals surface area contributed by atoms with Gasteiger partial charge in [0.05, 0.1) is 11.7 Å². The lowest BCUT2D eigenvalue weighted by atomic mass is 9.44. The van der Waals surface area contributed by atoms with Gasteiger partial charge in [0, 0.05) is 4.83 Å². The first-order valence-electron chi connectivity index (χ1n) is 9.68. The molecule has 2 bridgehead atoms. The third-order valence-corrected chi connectivity index (χ3v) is 10.2. The number of halogens is 1. The van der Waals surface area contributed by atoms with E-state index in [-0.39, 0.29) is 16.9 Å². The summed E-state index contributed by atoms with van der Waals surface area (Å²) in [6.07, 6.45) is 6.47. The molecule has 132 valence electrons. The van der Waals surface area contributed by atoms with Gasteiger partial charge >= 0.3 is 0 Å². The fourth-order valence-corrected chi connectivity index (χ4v) is 8.91. The van der Waals surface area contributed by atoms with Crippen LogP contribution in [0.4, 0.5) is 0 Å². The van der Waals surface area contributed by atoms with E-state index in [0.29, 0.717) is 34.4 Å². The zero-order valence-electron chi connectivity index (χ0n) is 15.1. The van der Waals surface area contributed by atoms with E-state index in [4.69, 9.17) is 0 Å². The summed E-state index contributed by atoms with van der Waals surface area (Å²) in [6, 6.07) is 0. The van der Waals surface area contributed by atoms with Crippen LogP contribution >= 0.6 is 15.9 Å². The van der Waals surface area contributed by atoms with Gasteiger partial charge in [-0.05, 0) is 85.9 Å². The van der Waals surface area contributed by atoms with Gasteiger partial charge in [0.15, 0.2) is 0 Å². The average Bonchev–Trinajstić information content (AvgIpc) is 2.91. The Hall–Kier alpha value is 0.400. The lowest BCUT2D eigenvalue weighted by Gasteiger charge is -2.63. The van der Waals surface area contributed by atoms with E-state index in [1.165, 1.54) is 12.8 Å². The van der Waals surface area contributed by atoms with Crippen LogP contribution in [0.5, 0.6) is 0 Å². The Bertz CT molecular complexity index is 504. The molecule has 0 saturated heterocycles. The van der Waals surface area contributed by atoms with E-state index >= 15 is 0 Å². The Morgan fingerprint density at radius 2 is 1.83 bits per heavy atom. The molecule has 0 aromatic heterocycles. The van der Waals surface area contributed by atoms with Crippen molar-refractivity contribution in [2.24, 2.45) is 40.4 Å². The first-order valence-corrected chi connectivity index (χ1v) is 10.6. The van der Waals surface area contributed by atoms with Gasteiger partial charge in [-0.1, -0.05) is 36.7 Å². The van der Waals surface area contributed by atoms with Crippen LogP contribution in [0.15, 0.2) is 0 Å². The number of alkyl halides is 1. The highest BCUT2D eigenvalue weighted by atomic mass is 79.9. The number of fused-ring (bicyclic) bond motifs is 3. The molecule has 23 heavy (non-hydrogen) atoms. The highest BCUT2D eigenvalue weighted by Gasteiger charge is 2.71. The second-order valence-corrected chi connectivity index (χ2v) is 11.2. The van der Waals surface area contributed by atoms with Crippen LogP contribution in [-0.4, -0.2) is 26.7 Å². The molecule has 2 nitrogen and oxygen atoms in total. The van der Waals surface area contributed by atoms with Gasteiger partial charge in [0.25, 0.3) is 0 Å². The van der Waals surface area contributed by atoms with E-state index in [0.717, 1.165) is 25.7 Å². The molecule has 9 atom stereocenters. The molecule has 2 N–H and O–H groups in total. The number of hydrogen-bond donors (Lipinski definition) is 2. The summed E-state index contributed by atoms with van der Waals surface area (Å²) in [6.45, 7) is 9.21. The Kier molecular flexibility index (Phi) is 3.65. The maximum Gasteiger partial charge on any atom is 0.0656 e. The number of aliphatic hydroxyl groups is 2. The van der Waals surface area contributed by atoms with Gasteiger partial charge in [-0.15, -0.1) is 0 Å². The first kappa shape index (κ1) is 16.8. The topological polar surface area (TPSA) is 40.5 Å². The van der Waals surface area contributed by atoms with E-state index < -0.39 is 5.60 Å². The summed E-state index contributed by atoms with van der Waals surface area (Å²) in [5.74, 6) is 2.73. The molecule has 4 fully saturated rings. The van der Waals surface area contributed by atoms with Crippen molar-refractivity contribution in [1.82, 2.24) is 0 Å². The van der Waals surface area contributed by atoms with E-state index in [1.54, 1.807) is 0 Å². The molecule has 4 saturated carbocycles. The Morgan fingerprint density at radius 3 is 2.48 bits per heavy atom. The number of rotatable bonds is 1. The zero-order chi connectivity index (χ0) is 16.8. The van der Waals surface area contributed by atoms with Crippen LogP contribution < -0.4 is 0 Å². The molecular weight excluding hydrogens is 352 g/mol. The molecule has 0 aliphatic heterocycles. The van der Waals surface area contributed by atoms with Gasteiger partial charge in [0.1, 0.15) is 0 Å². The molecule has 0 aromatic rings. The predicted molar refractivity (Wildman–Crippen MR) is 96.4 cm³/mol. The number of aliphatic hydroxyl groups excluding tert-OH is 1. The quantitative estimate of drug-likeness (QED) is 0.658. The highest BCUT2D eigenvalue weighted by Crippen LogP contribution is 2.75. The smallest absolute Gasteiger partial charge is 0.0656 e. The normalized spacial score (nSPS) is 61.6. The lowest BCUT2D eigenvalue weighted by molar-refractivity contribution is -0.178. The SMILES string of the molecule is CC(C)[C@H]1[C@H]2C[C@@H]3[C@@H]4[C@@](C)(CC[C@]31C[C@H]2O)[C@H](Br)CC[C@]4(C)O. The molecule has 3 heteroatoms. The highest BCUT2D eigenvalue weighted by molar-refractivity contribution is 9.09. The fraction of sp³-hybridized carbons (Fsp3) is 1.00. The summed E-state index contributed by atoms with van der Waals surface area (Å²) in [4.78, 5) is 0.527. The molecule has 0 radical (unpaired) electrons. The molecule has 0 unspecified atom stereocenters. The van der Waals surface area contributed by atoms with E-state index in [1.807, 2.05) is 0 Å². The standard InChI is InChI=1S/C20H33BrO2/c1-11(2)16-12-9-13-17-18(3,15(21)5-6-19(17,4)23)7-8-20(13,16)10-14(12)22/h11-17,22-23H,5-10H2,1-4H3/t12-,13+,14+,15+,16-,17+,18-,19-,20-/m0/s1. The molecule has 4 rings (SSSR count). The Labute approximate surface area is 149 Å². The minimum Gasteiger partial charge on any atom is -0.393 e. The monoisotopic (exact) mass is 384 g/mol. The Balaban J connectivity index is 1.79. The molecular formula is C20H33BrO2. The van der Waals surface area contributed by atoms with Crippen molar-refractivity contribution < 1.29 is 10.2 Å². The predicted octanol–water partition coefficient (Wildman–Crippen LogP) is 4.37. The minimum atomic E-state index is -0.548. The van der Waals surface area contributed by atoms with Crippen LogP contribution in [0, 0.1) is 40.4 Å². The van der Waals surface area contributed by atoms with Crippen molar-refractivity contribution in [2.45, 2.75) is 82.8 Å². The Morgan fingerprint density at radius 1 is 1.13 bits per heavy atom. The maximum atomic E-state index is 11.3. The molecule has 0 aromatic carbocycles. The van der Waals surface area contributed by atoms with Gasteiger partial charge < -0.3 is 10.2 Å². The van der Waals surface area contributed by atoms with Gasteiger partial charge in [-0.2, -0.15) is 0 Å². The second kappa shape index (κ2) is 4.98. The first-order chi connectivity index (χ1) is 10.6. The van der Waals surface area contributed by atoms with E-state index in [9.17, 15) is 10.2 Å². The van der Waals surface area contributed by atoms with Crippen molar-refractivity contribution in [3.05, 3.63) is 0 Å². The van der Waals surface area contributed by atoms with Gasteiger partial charge in [-0.25, -0.2) is 0 Å². The zero-order valence-corrected chi connectivity index (χ0v) is 16.6. The lowest BCUT2D eigenvalue weighted by Crippen LogP contribution is -2.62. The van der Waals surface area contributed by atoms with Crippen LogP contribution in [0.1, 0.15) is 66.2 Å². The number of hydrogen-bond acceptors (Lipinski definition) is 2. The van der Waals surface area contributed by atoms with Crippen molar-refractivity contribution in [3.8, 4) is 0 Å². The van der Waals surface area contributed by atoms with Crippen molar-refractivity contribution in [2.75, 3.05) is 0 Å². The second-order valence-electron chi connectivity index (χ2n) is 10.1. The largest absolute Gasteiger partial charge is 0.393 e. The van der Waals surface area contributed by atoms with Crippen molar-refractivity contribution in [1.29, 1.82) is 0 Å². The summed E-state index contributed by atoms with van der Waals surface area (Å²) >= 11 is 3.98. The maximum absolute atomic E-state index is 11.3. The van der Waals surface area contributed by atoms with Gasteiger partial charge in [-0.3, -0.25) is 0 Å². The van der Waals surface area contributed by atoms with Crippen molar-refractivity contribution in [3.63, 3.8) is 0 Å². The van der Waals surface area contributed by atoms with Gasteiger partial charge in [0.2, 0.25) is 0 Å². The average molecular weight is 385 g/mol.